The smallest absolute Gasteiger partial charge is 0.0513 e. The highest BCUT2D eigenvalue weighted by Crippen LogP contribution is 2.30. The third-order valence-corrected chi connectivity index (χ3v) is 3.79. The van der Waals surface area contributed by atoms with Crippen molar-refractivity contribution in [3.8, 4) is 0 Å². The summed E-state index contributed by atoms with van der Waals surface area (Å²) in [5, 5.41) is 3.45. The summed E-state index contributed by atoms with van der Waals surface area (Å²) in [6, 6.07) is 6.18. The number of aromatic nitrogens is 1. The highest BCUT2D eigenvalue weighted by atomic mass is 16.5. The molecular formula is C14H20N2O. The Labute approximate surface area is 103 Å². The summed E-state index contributed by atoms with van der Waals surface area (Å²) in [6.07, 6.45) is 4.62. The van der Waals surface area contributed by atoms with Gasteiger partial charge in [-0.1, -0.05) is 6.07 Å². The second kappa shape index (κ2) is 5.15. The van der Waals surface area contributed by atoms with Gasteiger partial charge in [-0.25, -0.2) is 0 Å². The summed E-state index contributed by atoms with van der Waals surface area (Å²) in [7, 11) is 0. The van der Waals surface area contributed by atoms with Gasteiger partial charge in [-0.2, -0.15) is 0 Å². The number of ether oxygens (including phenoxy) is 1. The fraction of sp³-hybridized carbons (Fsp3) is 0.643. The van der Waals surface area contributed by atoms with Crippen LogP contribution in [0.1, 0.15) is 24.5 Å². The number of nitrogens with one attached hydrogen (secondary N) is 1. The maximum absolute atomic E-state index is 5.83. The molecule has 1 saturated heterocycles. The largest absolute Gasteiger partial charge is 0.381 e. The highest BCUT2D eigenvalue weighted by molar-refractivity contribution is 5.13. The lowest BCUT2D eigenvalue weighted by Gasteiger charge is -2.17. The molecule has 2 atom stereocenters. The van der Waals surface area contributed by atoms with E-state index in [4.69, 9.17) is 4.74 Å². The van der Waals surface area contributed by atoms with Crippen molar-refractivity contribution < 1.29 is 4.74 Å². The maximum atomic E-state index is 5.83. The Hall–Kier alpha value is -0.930. The Bertz CT molecular complexity index is 350. The minimum atomic E-state index is 0.524. The van der Waals surface area contributed by atoms with Crippen LogP contribution in [0.3, 0.4) is 0 Å². The lowest BCUT2D eigenvalue weighted by molar-refractivity contribution is 0.0916. The van der Waals surface area contributed by atoms with Crippen molar-refractivity contribution in [3.63, 3.8) is 0 Å². The van der Waals surface area contributed by atoms with E-state index in [-0.39, 0.29) is 0 Å². The first kappa shape index (κ1) is 11.2. The van der Waals surface area contributed by atoms with Gasteiger partial charge >= 0.3 is 0 Å². The summed E-state index contributed by atoms with van der Waals surface area (Å²) >= 11 is 0. The standard InChI is InChI=1S/C14H20N2O/c1-2-6-16-14(3-1)13-8-15-7-12(13)10-17-9-11-4-5-11/h1-3,6,11-13,15H,4-5,7-10H2. The van der Waals surface area contributed by atoms with Gasteiger partial charge in [-0.05, 0) is 30.9 Å². The Balaban J connectivity index is 1.55. The minimum absolute atomic E-state index is 0.524. The Morgan fingerprint density at radius 1 is 1.24 bits per heavy atom. The number of rotatable bonds is 5. The van der Waals surface area contributed by atoms with Gasteiger partial charge < -0.3 is 10.1 Å². The van der Waals surface area contributed by atoms with Crippen LogP contribution in [0, 0.1) is 11.8 Å². The lowest BCUT2D eigenvalue weighted by Crippen LogP contribution is -2.19. The molecule has 1 saturated carbocycles. The van der Waals surface area contributed by atoms with E-state index in [1.54, 1.807) is 0 Å². The first-order valence-electron chi connectivity index (χ1n) is 6.63. The second-order valence-corrected chi connectivity index (χ2v) is 5.26. The summed E-state index contributed by atoms with van der Waals surface area (Å²) in [6.45, 7) is 3.94. The number of nitrogens with zero attached hydrogens (tertiary/aromatic N) is 1. The molecule has 0 aromatic carbocycles. The van der Waals surface area contributed by atoms with Crippen molar-refractivity contribution in [2.75, 3.05) is 26.3 Å². The molecule has 92 valence electrons. The van der Waals surface area contributed by atoms with Crippen LogP contribution in [-0.4, -0.2) is 31.3 Å². The predicted molar refractivity (Wildman–Crippen MR) is 66.9 cm³/mol. The van der Waals surface area contributed by atoms with E-state index in [2.05, 4.69) is 22.4 Å². The predicted octanol–water partition coefficient (Wildman–Crippen LogP) is 1.81. The van der Waals surface area contributed by atoms with E-state index in [0.29, 0.717) is 11.8 Å². The van der Waals surface area contributed by atoms with Crippen molar-refractivity contribution >= 4 is 0 Å². The average Bonchev–Trinajstić information content (AvgIpc) is 3.07. The topological polar surface area (TPSA) is 34.1 Å². The number of pyridine rings is 1. The zero-order valence-corrected chi connectivity index (χ0v) is 10.1. The molecule has 1 aromatic heterocycles. The normalized spacial score (nSPS) is 28.5. The van der Waals surface area contributed by atoms with Crippen LogP contribution >= 0.6 is 0 Å². The van der Waals surface area contributed by atoms with Crippen LogP contribution in [-0.2, 0) is 4.74 Å². The molecule has 3 heteroatoms. The van der Waals surface area contributed by atoms with Crippen molar-refractivity contribution in [1.82, 2.24) is 10.3 Å². The van der Waals surface area contributed by atoms with Crippen LogP contribution in [0.25, 0.3) is 0 Å². The zero-order valence-electron chi connectivity index (χ0n) is 10.1. The van der Waals surface area contributed by atoms with Crippen LogP contribution in [0.2, 0.25) is 0 Å². The lowest BCUT2D eigenvalue weighted by atomic mass is 9.93. The van der Waals surface area contributed by atoms with Gasteiger partial charge in [0.15, 0.2) is 0 Å². The monoisotopic (exact) mass is 232 g/mol. The molecule has 1 N–H and O–H groups in total. The molecule has 0 bridgehead atoms. The molecular weight excluding hydrogens is 212 g/mol. The second-order valence-electron chi connectivity index (χ2n) is 5.26. The molecule has 3 nitrogen and oxygen atoms in total. The van der Waals surface area contributed by atoms with Gasteiger partial charge in [-0.3, -0.25) is 4.98 Å². The summed E-state index contributed by atoms with van der Waals surface area (Å²) in [4.78, 5) is 4.47. The van der Waals surface area contributed by atoms with E-state index >= 15 is 0 Å². The highest BCUT2D eigenvalue weighted by Gasteiger charge is 2.30. The van der Waals surface area contributed by atoms with Gasteiger partial charge in [0, 0.05) is 43.4 Å². The van der Waals surface area contributed by atoms with Crippen LogP contribution < -0.4 is 5.32 Å². The maximum Gasteiger partial charge on any atom is 0.0513 e. The first-order valence-corrected chi connectivity index (χ1v) is 6.63. The van der Waals surface area contributed by atoms with Gasteiger partial charge in [0.2, 0.25) is 0 Å². The third-order valence-electron chi connectivity index (χ3n) is 3.79. The van der Waals surface area contributed by atoms with Crippen LogP contribution in [0.5, 0.6) is 0 Å². The quantitative estimate of drug-likeness (QED) is 0.840. The molecule has 1 aliphatic heterocycles. The fourth-order valence-electron chi connectivity index (χ4n) is 2.52. The molecule has 2 aliphatic rings. The summed E-state index contributed by atoms with van der Waals surface area (Å²) in [5.74, 6) is 1.97. The summed E-state index contributed by atoms with van der Waals surface area (Å²) < 4.78 is 5.83. The number of hydrogen-bond donors (Lipinski definition) is 1. The molecule has 2 unspecified atom stereocenters. The van der Waals surface area contributed by atoms with Gasteiger partial charge in [0.25, 0.3) is 0 Å². The Kier molecular flexibility index (Phi) is 3.39. The molecule has 17 heavy (non-hydrogen) atoms. The fourth-order valence-corrected chi connectivity index (χ4v) is 2.52. The SMILES string of the molecule is c1ccc(C2CNCC2COCC2CC2)nc1. The van der Waals surface area contributed by atoms with Crippen LogP contribution in [0.4, 0.5) is 0 Å². The van der Waals surface area contributed by atoms with Crippen molar-refractivity contribution in [1.29, 1.82) is 0 Å². The van der Waals surface area contributed by atoms with E-state index in [1.807, 2.05) is 12.3 Å². The average molecular weight is 232 g/mol. The van der Waals surface area contributed by atoms with Crippen molar-refractivity contribution in [2.45, 2.75) is 18.8 Å². The molecule has 3 rings (SSSR count). The number of hydrogen-bond acceptors (Lipinski definition) is 3. The van der Waals surface area contributed by atoms with E-state index < -0.39 is 0 Å². The zero-order chi connectivity index (χ0) is 11.5. The van der Waals surface area contributed by atoms with E-state index in [9.17, 15) is 0 Å². The Morgan fingerprint density at radius 3 is 2.94 bits per heavy atom. The molecule has 2 fully saturated rings. The molecule has 2 heterocycles. The molecule has 0 spiro atoms. The van der Waals surface area contributed by atoms with E-state index in [1.165, 1.54) is 18.5 Å². The van der Waals surface area contributed by atoms with Gasteiger partial charge in [-0.15, -0.1) is 0 Å². The van der Waals surface area contributed by atoms with Gasteiger partial charge in [0.1, 0.15) is 0 Å². The molecule has 1 aromatic rings. The van der Waals surface area contributed by atoms with Crippen molar-refractivity contribution in [3.05, 3.63) is 30.1 Å². The molecule has 0 amide bonds. The molecule has 1 aliphatic carbocycles. The summed E-state index contributed by atoms with van der Waals surface area (Å²) in [5.41, 5.74) is 1.21. The first-order chi connectivity index (χ1) is 8.43. The minimum Gasteiger partial charge on any atom is -0.381 e. The van der Waals surface area contributed by atoms with Crippen LogP contribution in [0.15, 0.2) is 24.4 Å². The Morgan fingerprint density at radius 2 is 2.18 bits per heavy atom. The third kappa shape index (κ3) is 2.85. The van der Waals surface area contributed by atoms with E-state index in [0.717, 1.165) is 32.2 Å². The van der Waals surface area contributed by atoms with Crippen molar-refractivity contribution in [2.24, 2.45) is 11.8 Å². The molecule has 0 radical (unpaired) electrons. The van der Waals surface area contributed by atoms with Gasteiger partial charge in [0.05, 0.1) is 6.61 Å².